The molecule has 1 aliphatic rings. The summed E-state index contributed by atoms with van der Waals surface area (Å²) in [6, 6.07) is 6.88. The van der Waals surface area contributed by atoms with Gasteiger partial charge in [0, 0.05) is 31.5 Å². The first-order valence-electron chi connectivity index (χ1n) is 13.5. The minimum absolute atomic E-state index is 0.0185. The Balaban J connectivity index is 1.45. The molecule has 2 aromatic heterocycles. The summed E-state index contributed by atoms with van der Waals surface area (Å²) in [5, 5.41) is 41.7. The number of thiazole rings is 1. The quantitative estimate of drug-likeness (QED) is 0.0478. The van der Waals surface area contributed by atoms with Crippen molar-refractivity contribution in [1.82, 2.24) is 30.6 Å². The van der Waals surface area contributed by atoms with Gasteiger partial charge in [0.25, 0.3) is 5.91 Å². The number of benzene rings is 1. The zero-order valence-electron chi connectivity index (χ0n) is 24.2. The number of nitrogens with one attached hydrogen (secondary N) is 3. The summed E-state index contributed by atoms with van der Waals surface area (Å²) in [7, 11) is 1.35. The number of pyridine rings is 1. The molecular formula is C27H30N8O10S. The molecule has 4 rings (SSSR count). The van der Waals surface area contributed by atoms with Crippen LogP contribution in [-0.4, -0.2) is 98.1 Å². The van der Waals surface area contributed by atoms with E-state index in [2.05, 4.69) is 26.1 Å². The maximum Gasteiger partial charge on any atom is 0.348 e. The Bertz CT molecular complexity index is 1680. The van der Waals surface area contributed by atoms with Crippen LogP contribution in [0.15, 0.2) is 57.9 Å². The molecular weight excluding hydrogens is 628 g/mol. The Hall–Kier alpha value is -5.69. The van der Waals surface area contributed by atoms with E-state index >= 15 is 0 Å². The lowest BCUT2D eigenvalue weighted by atomic mass is 9.95. The van der Waals surface area contributed by atoms with Gasteiger partial charge in [-0.25, -0.2) is 14.6 Å². The number of likely N-dealkylation sites (tertiary alicyclic amines) is 1. The lowest BCUT2D eigenvalue weighted by molar-refractivity contribution is -0.160. The Labute approximate surface area is 264 Å². The molecule has 0 unspecified atom stereocenters. The highest BCUT2D eigenvalue weighted by Gasteiger charge is 2.48. The van der Waals surface area contributed by atoms with E-state index in [0.29, 0.717) is 10.3 Å². The summed E-state index contributed by atoms with van der Waals surface area (Å²) in [6.45, 7) is -0.615. The van der Waals surface area contributed by atoms with Crippen molar-refractivity contribution in [3.05, 3.63) is 75.1 Å². The average Bonchev–Trinajstić information content (AvgIpc) is 3.46. The number of nitrogens with zero attached hydrogens (tertiary/aromatic N) is 4. The molecule has 1 saturated heterocycles. The van der Waals surface area contributed by atoms with Crippen LogP contribution in [0.2, 0.25) is 0 Å². The molecule has 46 heavy (non-hydrogen) atoms. The number of hydrogen-bond acceptors (Lipinski definition) is 13. The number of amides is 4. The molecule has 3 atom stereocenters. The molecule has 0 bridgehead atoms. The van der Waals surface area contributed by atoms with Gasteiger partial charge >= 0.3 is 12.0 Å². The molecule has 1 aliphatic heterocycles. The van der Waals surface area contributed by atoms with Crippen LogP contribution in [0.3, 0.4) is 0 Å². The number of carboxylic acid groups (broad SMARTS) is 1. The van der Waals surface area contributed by atoms with Gasteiger partial charge in [0.05, 0.1) is 24.5 Å². The molecule has 3 aromatic rings. The maximum absolute atomic E-state index is 13.4. The number of nitrogen functional groups attached to an aromatic ring is 1. The van der Waals surface area contributed by atoms with Gasteiger partial charge < -0.3 is 51.6 Å². The van der Waals surface area contributed by atoms with Crippen molar-refractivity contribution in [2.75, 3.05) is 26.1 Å². The second-order valence-electron chi connectivity index (χ2n) is 9.80. The standard InChI is InChI=1S/C27H30N8O10S/c1-44-13-34-17(10-30-27(42)29-9-15-8-18(36)19(37)11-35(15)43)22(24(34)39)32-23(38)21(16-12-46-26(28)31-16)33-45-20(25(40)41)7-14-5-3-2-4-6-14/h2-6,8,11-12,17,20,22,37,43H,7,9-10,13H2,1H3,(H2,28,31)(H,32,38)(H,40,41)(H2,29,30,42)/b33-21-/t17-,20+,22+/m1/s1. The predicted molar refractivity (Wildman–Crippen MR) is 160 cm³/mol. The number of rotatable bonds is 14. The number of methoxy groups -OCH3 is 1. The highest BCUT2D eigenvalue weighted by Crippen LogP contribution is 2.21. The average molecular weight is 659 g/mol. The van der Waals surface area contributed by atoms with E-state index in [1.807, 2.05) is 0 Å². The van der Waals surface area contributed by atoms with Gasteiger partial charge in [-0.2, -0.15) is 4.73 Å². The van der Waals surface area contributed by atoms with E-state index in [4.69, 9.17) is 15.3 Å². The van der Waals surface area contributed by atoms with Crippen LogP contribution in [0.4, 0.5) is 9.93 Å². The first-order valence-corrected chi connectivity index (χ1v) is 14.3. The van der Waals surface area contributed by atoms with Crippen molar-refractivity contribution < 1.29 is 44.2 Å². The zero-order valence-corrected chi connectivity index (χ0v) is 25.0. The third kappa shape index (κ3) is 8.07. The van der Waals surface area contributed by atoms with Crippen molar-refractivity contribution in [3.63, 3.8) is 0 Å². The summed E-state index contributed by atoms with van der Waals surface area (Å²) in [5.41, 5.74) is 5.16. The van der Waals surface area contributed by atoms with Gasteiger partial charge in [0.1, 0.15) is 18.5 Å². The number of carbonyl (C=O) groups is 4. The summed E-state index contributed by atoms with van der Waals surface area (Å²) < 4.78 is 5.54. The zero-order chi connectivity index (χ0) is 33.4. The van der Waals surface area contributed by atoms with Gasteiger partial charge in [-0.1, -0.05) is 35.5 Å². The van der Waals surface area contributed by atoms with Crippen LogP contribution in [-0.2, 0) is 36.9 Å². The normalized spacial score (nSPS) is 16.7. The number of aromatic hydroxyl groups is 1. The second kappa shape index (κ2) is 14.9. The molecule has 0 spiro atoms. The van der Waals surface area contributed by atoms with Crippen LogP contribution >= 0.6 is 11.3 Å². The predicted octanol–water partition coefficient (Wildman–Crippen LogP) is -0.955. The third-order valence-electron chi connectivity index (χ3n) is 6.67. The van der Waals surface area contributed by atoms with E-state index in [1.54, 1.807) is 30.3 Å². The fourth-order valence-corrected chi connectivity index (χ4v) is 4.88. The molecule has 0 saturated carbocycles. The topological polar surface area (TPSA) is 260 Å². The van der Waals surface area contributed by atoms with E-state index in [-0.39, 0.29) is 42.8 Å². The Morgan fingerprint density at radius 3 is 2.59 bits per heavy atom. The van der Waals surface area contributed by atoms with Crippen molar-refractivity contribution in [2.45, 2.75) is 31.2 Å². The Kier molecular flexibility index (Phi) is 10.7. The van der Waals surface area contributed by atoms with Crippen LogP contribution in [0.5, 0.6) is 5.75 Å². The number of aromatic nitrogens is 2. The number of oxime groups is 1. The van der Waals surface area contributed by atoms with Crippen LogP contribution in [0.1, 0.15) is 17.0 Å². The van der Waals surface area contributed by atoms with Crippen LogP contribution in [0.25, 0.3) is 0 Å². The van der Waals surface area contributed by atoms with Gasteiger partial charge in [0.2, 0.25) is 17.4 Å². The molecule has 0 radical (unpaired) electrons. The van der Waals surface area contributed by atoms with E-state index in [0.717, 1.165) is 23.6 Å². The molecule has 18 nitrogen and oxygen atoms in total. The summed E-state index contributed by atoms with van der Waals surface area (Å²) in [5.74, 6) is -3.47. The van der Waals surface area contributed by atoms with E-state index in [9.17, 15) is 39.4 Å². The highest BCUT2D eigenvalue weighted by molar-refractivity contribution is 7.13. The lowest BCUT2D eigenvalue weighted by Gasteiger charge is -2.46. The molecule has 8 N–H and O–H groups in total. The van der Waals surface area contributed by atoms with Crippen LogP contribution in [0, 0.1) is 0 Å². The SMILES string of the molecule is COCN1C(=O)[C@@H](NC(=O)/C(=N\O[C@@H](Cc2ccccc2)C(=O)O)c2csc(N)n2)[C@H]1CNC(=O)NCc1cc(=O)c(O)cn1O. The fraction of sp³-hybridized carbons (Fsp3) is 0.296. The molecule has 19 heteroatoms. The number of β-lactam (4-membered cyclic amide) rings is 1. The Morgan fingerprint density at radius 1 is 1.20 bits per heavy atom. The van der Waals surface area contributed by atoms with Crippen molar-refractivity contribution >= 4 is 46.0 Å². The highest BCUT2D eigenvalue weighted by atomic mass is 32.1. The summed E-state index contributed by atoms with van der Waals surface area (Å²) in [4.78, 5) is 72.9. The van der Waals surface area contributed by atoms with Gasteiger partial charge in [0.15, 0.2) is 16.6 Å². The minimum atomic E-state index is -1.46. The van der Waals surface area contributed by atoms with Crippen LogP contribution < -0.4 is 27.1 Å². The fourth-order valence-electron chi connectivity index (χ4n) is 4.33. The Morgan fingerprint density at radius 2 is 1.93 bits per heavy atom. The number of ether oxygens (including phenoxy) is 1. The lowest BCUT2D eigenvalue weighted by Crippen LogP contribution is -2.74. The smallest absolute Gasteiger partial charge is 0.348 e. The molecule has 3 heterocycles. The minimum Gasteiger partial charge on any atom is -0.503 e. The number of anilines is 1. The number of nitrogens with two attached hydrogens (primary N) is 1. The van der Waals surface area contributed by atoms with E-state index in [1.165, 1.54) is 17.4 Å². The number of carbonyl (C=O) groups excluding carboxylic acids is 3. The molecule has 0 aliphatic carbocycles. The van der Waals surface area contributed by atoms with Gasteiger partial charge in [-0.3, -0.25) is 14.4 Å². The molecule has 244 valence electrons. The number of urea groups is 1. The molecule has 1 fully saturated rings. The van der Waals surface area contributed by atoms with Crippen molar-refractivity contribution in [2.24, 2.45) is 5.16 Å². The second-order valence-corrected chi connectivity index (χ2v) is 10.7. The van der Waals surface area contributed by atoms with Crippen molar-refractivity contribution in [3.8, 4) is 5.75 Å². The maximum atomic E-state index is 13.4. The monoisotopic (exact) mass is 658 g/mol. The first kappa shape index (κ1) is 33.2. The molecule has 4 amide bonds. The number of carboxylic acids is 1. The van der Waals surface area contributed by atoms with E-state index < -0.39 is 58.9 Å². The van der Waals surface area contributed by atoms with Gasteiger partial charge in [-0.15, -0.1) is 11.3 Å². The first-order chi connectivity index (χ1) is 22.0. The number of aliphatic carboxylic acids is 1. The summed E-state index contributed by atoms with van der Waals surface area (Å²) in [6.07, 6.45) is -0.734. The number of hydrogen-bond donors (Lipinski definition) is 7. The van der Waals surface area contributed by atoms with Crippen molar-refractivity contribution in [1.29, 1.82) is 0 Å². The molecule has 1 aromatic carbocycles. The van der Waals surface area contributed by atoms with Gasteiger partial charge in [-0.05, 0) is 5.56 Å². The largest absolute Gasteiger partial charge is 0.503 e. The third-order valence-corrected chi connectivity index (χ3v) is 7.34. The summed E-state index contributed by atoms with van der Waals surface area (Å²) >= 11 is 0.998.